The third-order valence-electron chi connectivity index (χ3n) is 4.89. The van der Waals surface area contributed by atoms with E-state index in [0.29, 0.717) is 11.5 Å². The number of aromatic nitrogens is 3. The van der Waals surface area contributed by atoms with Gasteiger partial charge in [-0.25, -0.2) is 4.98 Å². The van der Waals surface area contributed by atoms with Crippen molar-refractivity contribution in [3.05, 3.63) is 33.1 Å². The molecule has 2 fully saturated rings. The van der Waals surface area contributed by atoms with Crippen molar-refractivity contribution in [1.82, 2.24) is 19.7 Å². The molecule has 3 heterocycles. The molecule has 0 bridgehead atoms. The number of nitrogens with two attached hydrogens (primary N) is 1. The number of nitrogens with one attached hydrogen (secondary N) is 2. The molecule has 0 atom stereocenters. The molecule has 0 spiro atoms. The Morgan fingerprint density at radius 1 is 1.36 bits per heavy atom. The first kappa shape index (κ1) is 16.1. The minimum Gasteiger partial charge on any atom is -0.382 e. The molecule has 25 heavy (non-hydrogen) atoms. The summed E-state index contributed by atoms with van der Waals surface area (Å²) in [5.41, 5.74) is 6.80. The summed E-state index contributed by atoms with van der Waals surface area (Å²) in [6.07, 6.45) is 3.82. The molecule has 0 unspecified atom stereocenters. The molecule has 8 nitrogen and oxygen atoms in total. The van der Waals surface area contributed by atoms with Crippen LogP contribution in [0.15, 0.2) is 16.2 Å². The summed E-state index contributed by atoms with van der Waals surface area (Å²) in [6, 6.07) is 1.65. The fourth-order valence-corrected chi connectivity index (χ4v) is 4.00. The van der Waals surface area contributed by atoms with Crippen molar-refractivity contribution in [2.24, 2.45) is 0 Å². The molecule has 4 rings (SSSR count). The molecular formula is C16H20N6O2S. The van der Waals surface area contributed by atoms with E-state index < -0.39 is 0 Å². The predicted molar refractivity (Wildman–Crippen MR) is 96.1 cm³/mol. The maximum atomic E-state index is 12.2. The zero-order valence-electron chi connectivity index (χ0n) is 13.7. The Hall–Kier alpha value is -2.42. The second-order valence-electron chi connectivity index (χ2n) is 6.64. The van der Waals surface area contributed by atoms with Crippen molar-refractivity contribution in [1.29, 1.82) is 0 Å². The van der Waals surface area contributed by atoms with Gasteiger partial charge >= 0.3 is 0 Å². The monoisotopic (exact) mass is 360 g/mol. The maximum Gasteiger partial charge on any atom is 0.256 e. The number of hydrogen-bond donors (Lipinski definition) is 3. The number of rotatable bonds is 4. The summed E-state index contributed by atoms with van der Waals surface area (Å²) in [6.45, 7) is 1.87. The topological polar surface area (TPSA) is 117 Å². The molecule has 2 aromatic rings. The van der Waals surface area contributed by atoms with Crippen molar-refractivity contribution in [3.8, 4) is 0 Å². The SMILES string of the molecule is Nc1nscc1C(=O)NC1CC(c2cc(=O)[nH]c(N3CCCC3)n2)C1. The van der Waals surface area contributed by atoms with E-state index in [0.717, 1.165) is 44.5 Å². The Morgan fingerprint density at radius 3 is 2.80 bits per heavy atom. The standard InChI is InChI=1S/C16H20N6O2S/c17-14-11(8-25-21-14)15(24)18-10-5-9(6-10)12-7-13(23)20-16(19-12)22-3-1-2-4-22/h7-10H,1-6H2,(H2,17,21)(H,18,24)(H,19,20,23). The Balaban J connectivity index is 1.39. The van der Waals surface area contributed by atoms with E-state index in [1.165, 1.54) is 11.5 Å². The molecule has 1 aliphatic carbocycles. The third kappa shape index (κ3) is 3.23. The summed E-state index contributed by atoms with van der Waals surface area (Å²) < 4.78 is 3.91. The molecular weight excluding hydrogens is 340 g/mol. The normalized spacial score (nSPS) is 22.6. The van der Waals surface area contributed by atoms with E-state index in [-0.39, 0.29) is 29.2 Å². The number of carbonyl (C=O) groups excluding carboxylic acids is 1. The molecule has 0 radical (unpaired) electrons. The van der Waals surface area contributed by atoms with Gasteiger partial charge < -0.3 is 16.0 Å². The number of nitrogens with zero attached hydrogens (tertiary/aromatic N) is 3. The van der Waals surface area contributed by atoms with E-state index in [4.69, 9.17) is 5.73 Å². The average Bonchev–Trinajstić information content (AvgIpc) is 3.20. The van der Waals surface area contributed by atoms with E-state index in [9.17, 15) is 9.59 Å². The van der Waals surface area contributed by atoms with Crippen LogP contribution in [0.5, 0.6) is 0 Å². The number of aromatic amines is 1. The Kier molecular flexibility index (Phi) is 4.16. The first-order chi connectivity index (χ1) is 12.1. The zero-order chi connectivity index (χ0) is 17.4. The van der Waals surface area contributed by atoms with Crippen LogP contribution >= 0.6 is 11.5 Å². The minimum absolute atomic E-state index is 0.0770. The van der Waals surface area contributed by atoms with Gasteiger partial charge in [-0.05, 0) is 37.2 Å². The van der Waals surface area contributed by atoms with Crippen molar-refractivity contribution in [3.63, 3.8) is 0 Å². The molecule has 0 aromatic carbocycles. The summed E-state index contributed by atoms with van der Waals surface area (Å²) >= 11 is 1.17. The van der Waals surface area contributed by atoms with Gasteiger partial charge in [0, 0.05) is 36.5 Å². The molecule has 4 N–H and O–H groups in total. The average molecular weight is 360 g/mol. The van der Waals surface area contributed by atoms with E-state index in [1.807, 2.05) is 0 Å². The molecule has 2 aliphatic rings. The lowest BCUT2D eigenvalue weighted by Crippen LogP contribution is -2.44. The smallest absolute Gasteiger partial charge is 0.256 e. The highest BCUT2D eigenvalue weighted by molar-refractivity contribution is 7.04. The second-order valence-corrected chi connectivity index (χ2v) is 7.27. The molecule has 1 aliphatic heterocycles. The summed E-state index contributed by atoms with van der Waals surface area (Å²) in [4.78, 5) is 33.7. The maximum absolute atomic E-state index is 12.2. The molecule has 1 saturated heterocycles. The van der Waals surface area contributed by atoms with Crippen LogP contribution < -0.4 is 21.5 Å². The van der Waals surface area contributed by atoms with Gasteiger partial charge in [0.15, 0.2) is 0 Å². The number of H-pyrrole nitrogens is 1. The van der Waals surface area contributed by atoms with E-state index >= 15 is 0 Å². The van der Waals surface area contributed by atoms with Gasteiger partial charge in [0.2, 0.25) is 5.95 Å². The van der Waals surface area contributed by atoms with Gasteiger partial charge in [-0.2, -0.15) is 4.37 Å². The molecule has 132 valence electrons. The molecule has 1 amide bonds. The molecule has 2 aromatic heterocycles. The summed E-state index contributed by atoms with van der Waals surface area (Å²) in [7, 11) is 0. The Morgan fingerprint density at radius 2 is 2.12 bits per heavy atom. The van der Waals surface area contributed by atoms with Crippen LogP contribution in [0, 0.1) is 0 Å². The third-order valence-corrected chi connectivity index (χ3v) is 5.53. The van der Waals surface area contributed by atoms with E-state index in [2.05, 4.69) is 24.6 Å². The lowest BCUT2D eigenvalue weighted by Gasteiger charge is -2.35. The van der Waals surface area contributed by atoms with Crippen molar-refractivity contribution < 1.29 is 4.79 Å². The predicted octanol–water partition coefficient (Wildman–Crippen LogP) is 1.08. The quantitative estimate of drug-likeness (QED) is 0.751. The van der Waals surface area contributed by atoms with Crippen LogP contribution in [0.1, 0.15) is 47.7 Å². The van der Waals surface area contributed by atoms with Crippen molar-refractivity contribution >= 4 is 29.2 Å². The minimum atomic E-state index is -0.189. The van der Waals surface area contributed by atoms with Gasteiger partial charge in [-0.15, -0.1) is 0 Å². The summed E-state index contributed by atoms with van der Waals surface area (Å²) in [5.74, 6) is 0.952. The van der Waals surface area contributed by atoms with Gasteiger partial charge in [0.25, 0.3) is 11.5 Å². The van der Waals surface area contributed by atoms with Crippen LogP contribution in [0.3, 0.4) is 0 Å². The molecule has 1 saturated carbocycles. The molecule has 9 heteroatoms. The highest BCUT2D eigenvalue weighted by atomic mass is 32.1. The van der Waals surface area contributed by atoms with Gasteiger partial charge in [-0.3, -0.25) is 14.6 Å². The first-order valence-electron chi connectivity index (χ1n) is 8.47. The van der Waals surface area contributed by atoms with Gasteiger partial charge in [0.05, 0.1) is 11.3 Å². The van der Waals surface area contributed by atoms with E-state index in [1.54, 1.807) is 11.4 Å². The van der Waals surface area contributed by atoms with Crippen LogP contribution in [0.2, 0.25) is 0 Å². The number of hydrogen-bond acceptors (Lipinski definition) is 7. The largest absolute Gasteiger partial charge is 0.382 e. The van der Waals surface area contributed by atoms with Crippen LogP contribution in [0.25, 0.3) is 0 Å². The fourth-order valence-electron chi connectivity index (χ4n) is 3.41. The lowest BCUT2D eigenvalue weighted by molar-refractivity contribution is 0.0909. The van der Waals surface area contributed by atoms with Gasteiger partial charge in [-0.1, -0.05) is 0 Å². The Bertz CT molecular complexity index is 835. The second kappa shape index (κ2) is 6.47. The number of nitrogen functional groups attached to an aromatic ring is 1. The number of amides is 1. The lowest BCUT2D eigenvalue weighted by atomic mass is 9.78. The highest BCUT2D eigenvalue weighted by Gasteiger charge is 2.33. The van der Waals surface area contributed by atoms with Crippen LogP contribution in [0.4, 0.5) is 11.8 Å². The zero-order valence-corrected chi connectivity index (χ0v) is 14.5. The Labute approximate surface area is 148 Å². The van der Waals surface area contributed by atoms with Gasteiger partial charge in [0.1, 0.15) is 5.82 Å². The highest BCUT2D eigenvalue weighted by Crippen LogP contribution is 2.36. The number of carbonyl (C=O) groups is 1. The fraction of sp³-hybridized carbons (Fsp3) is 0.500. The van der Waals surface area contributed by atoms with Crippen LogP contribution in [-0.2, 0) is 0 Å². The van der Waals surface area contributed by atoms with Crippen molar-refractivity contribution in [2.75, 3.05) is 23.7 Å². The first-order valence-corrected chi connectivity index (χ1v) is 9.31. The summed E-state index contributed by atoms with van der Waals surface area (Å²) in [5, 5.41) is 4.62. The van der Waals surface area contributed by atoms with Crippen LogP contribution in [-0.4, -0.2) is 39.4 Å². The van der Waals surface area contributed by atoms with Crippen molar-refractivity contribution in [2.45, 2.75) is 37.6 Å². The number of anilines is 2.